The molecule has 0 spiro atoms. The topological polar surface area (TPSA) is 135 Å². The maximum Gasteiger partial charge on any atom is 0.278 e. The summed E-state index contributed by atoms with van der Waals surface area (Å²) in [4.78, 5) is 14.1. The number of likely N-dealkylation sites (tertiary alicyclic amines) is 1. The number of aliphatic hydroxyl groups is 3. The zero-order chi connectivity index (χ0) is 20.3. The SMILES string of the molecule is CCC[C@@H]1C[C@@H](C(=O)NC(C(C)Cl)[C@H]2O[C@H](SC)[C@H](O)[C@@H](O)[C@H]2O)[NH+](C)C1.O.[Cl-]. The average Bonchev–Trinajstić information content (AvgIpc) is 2.99. The molecule has 2 saturated heterocycles. The Morgan fingerprint density at radius 1 is 1.31 bits per heavy atom. The van der Waals surface area contributed by atoms with Crippen molar-refractivity contribution in [3.8, 4) is 0 Å². The van der Waals surface area contributed by atoms with Gasteiger partial charge in [-0.15, -0.1) is 23.4 Å². The molecule has 0 aromatic carbocycles. The number of hydrogen-bond acceptors (Lipinski definition) is 6. The minimum atomic E-state index is -1.36. The molecule has 3 unspecified atom stereocenters. The molecule has 10 atom stereocenters. The number of likely N-dealkylation sites (N-methyl/N-ethyl adjacent to an activating group) is 1. The van der Waals surface area contributed by atoms with Crippen molar-refractivity contribution in [2.75, 3.05) is 19.8 Å². The molecule has 11 heteroatoms. The molecular formula is C18H36Cl2N2O6S. The fraction of sp³-hybridized carbons (Fsp3) is 0.944. The minimum absolute atomic E-state index is 0. The first-order valence-corrected chi connectivity index (χ1v) is 11.4. The molecule has 0 bridgehead atoms. The van der Waals surface area contributed by atoms with E-state index in [1.165, 1.54) is 16.7 Å². The van der Waals surface area contributed by atoms with Gasteiger partial charge in [-0.25, -0.2) is 0 Å². The summed E-state index contributed by atoms with van der Waals surface area (Å²) in [6, 6.07) is -0.837. The van der Waals surface area contributed by atoms with Gasteiger partial charge in [0.1, 0.15) is 29.9 Å². The third-order valence-electron chi connectivity index (χ3n) is 5.78. The van der Waals surface area contributed by atoms with Gasteiger partial charge in [0.15, 0.2) is 6.04 Å². The summed E-state index contributed by atoms with van der Waals surface area (Å²) in [7, 11) is 2.02. The summed E-state index contributed by atoms with van der Waals surface area (Å²) in [5, 5.41) is 33.1. The van der Waals surface area contributed by atoms with Gasteiger partial charge in [-0.3, -0.25) is 4.79 Å². The molecule has 2 heterocycles. The number of rotatable bonds is 7. The second-order valence-electron chi connectivity index (χ2n) is 7.88. The van der Waals surface area contributed by atoms with Crippen molar-refractivity contribution >= 4 is 29.3 Å². The number of alkyl halides is 1. The molecule has 1 amide bonds. The Balaban J connectivity index is 0.00000392. The Bertz CT molecular complexity index is 505. The van der Waals surface area contributed by atoms with Crippen LogP contribution < -0.4 is 22.6 Å². The first-order chi connectivity index (χ1) is 12.7. The minimum Gasteiger partial charge on any atom is -1.00 e. The molecular weight excluding hydrogens is 443 g/mol. The lowest BCUT2D eigenvalue weighted by molar-refractivity contribution is -0.884. The van der Waals surface area contributed by atoms with Gasteiger partial charge >= 0.3 is 0 Å². The van der Waals surface area contributed by atoms with Crippen LogP contribution in [0.1, 0.15) is 33.1 Å². The maximum absolute atomic E-state index is 12.9. The highest BCUT2D eigenvalue weighted by Gasteiger charge is 2.49. The average molecular weight is 479 g/mol. The normalized spacial score (nSPS) is 39.0. The van der Waals surface area contributed by atoms with E-state index in [4.69, 9.17) is 16.3 Å². The van der Waals surface area contributed by atoms with Crippen LogP contribution in [-0.2, 0) is 9.53 Å². The number of nitrogens with one attached hydrogen (secondary N) is 2. The first kappa shape index (κ1) is 29.2. The van der Waals surface area contributed by atoms with Gasteiger partial charge < -0.3 is 48.2 Å². The van der Waals surface area contributed by atoms with Crippen LogP contribution >= 0.6 is 23.4 Å². The molecule has 2 aliphatic rings. The molecule has 29 heavy (non-hydrogen) atoms. The van der Waals surface area contributed by atoms with Crippen LogP contribution in [0, 0.1) is 5.92 Å². The lowest BCUT2D eigenvalue weighted by Gasteiger charge is -2.44. The summed E-state index contributed by atoms with van der Waals surface area (Å²) in [6.45, 7) is 4.84. The number of quaternary nitrogens is 1. The number of carbonyl (C=O) groups is 1. The maximum atomic E-state index is 12.9. The lowest BCUT2D eigenvalue weighted by Crippen LogP contribution is -3.12. The van der Waals surface area contributed by atoms with E-state index in [0.717, 1.165) is 25.8 Å². The number of halogens is 2. The number of hydrogen-bond donors (Lipinski definition) is 5. The third-order valence-corrected chi connectivity index (χ3v) is 6.91. The van der Waals surface area contributed by atoms with Crippen LogP contribution in [0.5, 0.6) is 0 Å². The van der Waals surface area contributed by atoms with Crippen LogP contribution in [0.15, 0.2) is 0 Å². The molecule has 8 nitrogen and oxygen atoms in total. The van der Waals surface area contributed by atoms with Crippen molar-refractivity contribution in [3.05, 3.63) is 0 Å². The largest absolute Gasteiger partial charge is 1.00 e. The molecule has 0 radical (unpaired) electrons. The van der Waals surface area contributed by atoms with E-state index in [-0.39, 0.29) is 29.8 Å². The molecule has 2 rings (SSSR count). The van der Waals surface area contributed by atoms with E-state index in [9.17, 15) is 20.1 Å². The Hall–Kier alpha value is 0.160. The molecule has 0 aromatic rings. The van der Waals surface area contributed by atoms with Crippen LogP contribution in [0.2, 0.25) is 0 Å². The Labute approximate surface area is 188 Å². The fourth-order valence-electron chi connectivity index (χ4n) is 4.26. The summed E-state index contributed by atoms with van der Waals surface area (Å²) >= 11 is 7.56. The fourth-order valence-corrected chi connectivity index (χ4v) is 5.15. The summed E-state index contributed by atoms with van der Waals surface area (Å²) in [5.41, 5.74) is -0.697. The van der Waals surface area contributed by atoms with Crippen LogP contribution in [0.4, 0.5) is 0 Å². The van der Waals surface area contributed by atoms with Gasteiger partial charge in [-0.1, -0.05) is 13.3 Å². The van der Waals surface area contributed by atoms with Gasteiger partial charge in [0.05, 0.1) is 25.0 Å². The Morgan fingerprint density at radius 2 is 1.93 bits per heavy atom. The standard InChI is InChI=1S/C18H33ClN2O5S.ClH.H2O/c1-5-6-10-7-11(21(3)8-10)17(25)20-12(9(2)19)16-14(23)13(22)15(24)18(26-16)27-4;;/h9-16,18,22-24H,5-8H2,1-4H3,(H,20,25);1H;1H2/t9?,10-,11+,12?,13+,14-,15-,16-,18-;;/m1../s1. The summed E-state index contributed by atoms with van der Waals surface area (Å²) < 4.78 is 5.80. The van der Waals surface area contributed by atoms with E-state index in [2.05, 4.69) is 12.2 Å². The van der Waals surface area contributed by atoms with Gasteiger partial charge in [0, 0.05) is 12.3 Å². The highest BCUT2D eigenvalue weighted by atomic mass is 35.5. The van der Waals surface area contributed by atoms with Crippen molar-refractivity contribution in [3.63, 3.8) is 0 Å². The number of ether oxygens (including phenoxy) is 1. The summed E-state index contributed by atoms with van der Waals surface area (Å²) in [5.74, 6) is 0.424. The summed E-state index contributed by atoms with van der Waals surface area (Å²) in [6.07, 6.45) is 0.00196. The zero-order valence-electron chi connectivity index (χ0n) is 17.3. The lowest BCUT2D eigenvalue weighted by atomic mass is 9.92. The predicted molar refractivity (Wildman–Crippen MR) is 110 cm³/mol. The number of amides is 1. The van der Waals surface area contributed by atoms with Crippen molar-refractivity contribution in [1.82, 2.24) is 5.32 Å². The van der Waals surface area contributed by atoms with E-state index >= 15 is 0 Å². The second kappa shape index (κ2) is 12.9. The van der Waals surface area contributed by atoms with Gasteiger partial charge in [-0.05, 0) is 19.6 Å². The van der Waals surface area contributed by atoms with E-state index in [0.29, 0.717) is 5.92 Å². The number of thioether (sulfide) groups is 1. The second-order valence-corrected chi connectivity index (χ2v) is 9.51. The van der Waals surface area contributed by atoms with Gasteiger partial charge in [0.25, 0.3) is 5.91 Å². The quantitative estimate of drug-likeness (QED) is 0.233. The van der Waals surface area contributed by atoms with Crippen molar-refractivity contribution in [1.29, 1.82) is 0 Å². The predicted octanol–water partition coefficient (Wildman–Crippen LogP) is -4.85. The van der Waals surface area contributed by atoms with Crippen molar-refractivity contribution < 1.29 is 47.6 Å². The van der Waals surface area contributed by atoms with Crippen LogP contribution in [0.25, 0.3) is 0 Å². The molecule has 7 N–H and O–H groups in total. The number of aliphatic hydroxyl groups excluding tert-OH is 3. The third kappa shape index (κ3) is 6.82. The highest BCUT2D eigenvalue weighted by molar-refractivity contribution is 7.99. The molecule has 0 aliphatic carbocycles. The Kier molecular flexibility index (Phi) is 13.0. The van der Waals surface area contributed by atoms with E-state index in [1.807, 2.05) is 7.05 Å². The first-order valence-electron chi connectivity index (χ1n) is 9.70. The van der Waals surface area contributed by atoms with Gasteiger partial charge in [0.2, 0.25) is 0 Å². The highest BCUT2D eigenvalue weighted by Crippen LogP contribution is 2.30. The molecule has 174 valence electrons. The van der Waals surface area contributed by atoms with E-state index < -0.39 is 41.3 Å². The molecule has 2 aliphatic heterocycles. The number of carbonyl (C=O) groups excluding carboxylic acids is 1. The van der Waals surface area contributed by atoms with E-state index in [1.54, 1.807) is 13.2 Å². The smallest absolute Gasteiger partial charge is 0.278 e. The van der Waals surface area contributed by atoms with Crippen LogP contribution in [0.3, 0.4) is 0 Å². The van der Waals surface area contributed by atoms with Crippen LogP contribution in [-0.4, -0.2) is 93.9 Å². The monoisotopic (exact) mass is 478 g/mol. The zero-order valence-corrected chi connectivity index (χ0v) is 19.7. The van der Waals surface area contributed by atoms with Crippen molar-refractivity contribution in [2.24, 2.45) is 5.92 Å². The van der Waals surface area contributed by atoms with Gasteiger partial charge in [-0.2, -0.15) is 0 Å². The molecule has 0 aromatic heterocycles. The Morgan fingerprint density at radius 3 is 2.45 bits per heavy atom. The molecule has 0 saturated carbocycles. The molecule has 2 fully saturated rings. The van der Waals surface area contributed by atoms with Crippen molar-refractivity contribution in [2.45, 2.75) is 80.4 Å².